The minimum atomic E-state index is -0.0926. The van der Waals surface area contributed by atoms with Crippen LogP contribution in [0, 0.1) is 11.8 Å². The molecule has 58 valence electrons. The van der Waals surface area contributed by atoms with Gasteiger partial charge in [-0.05, 0) is 18.8 Å². The van der Waals surface area contributed by atoms with Gasteiger partial charge in [0.05, 0.1) is 6.10 Å². The van der Waals surface area contributed by atoms with E-state index in [1.807, 2.05) is 0 Å². The Hall–Kier alpha value is -0.300. The lowest BCUT2D eigenvalue weighted by Crippen LogP contribution is -2.25. The highest BCUT2D eigenvalue weighted by molar-refractivity contribution is 4.98. The number of hydrogen-bond donors (Lipinski definition) is 1. The zero-order valence-electron chi connectivity index (χ0n) is 6.75. The van der Waals surface area contributed by atoms with Crippen LogP contribution in [0.1, 0.15) is 26.7 Å². The molecule has 0 radical (unpaired) electrons. The predicted octanol–water partition coefficient (Wildman–Crippen LogP) is 1.97. The molecule has 0 aromatic carbocycles. The lowest BCUT2D eigenvalue weighted by molar-refractivity contribution is 0.0941. The molecule has 0 bridgehead atoms. The number of aliphatic hydroxyl groups excluding tert-OH is 1. The Labute approximate surface area is 62.8 Å². The van der Waals surface area contributed by atoms with Crippen molar-refractivity contribution in [2.24, 2.45) is 11.8 Å². The van der Waals surface area contributed by atoms with E-state index in [1.54, 1.807) is 0 Å². The first-order valence-electron chi connectivity index (χ1n) is 4.06. The Kier molecular flexibility index (Phi) is 2.50. The third-order valence-electron chi connectivity index (χ3n) is 2.20. The molecule has 0 aliphatic heterocycles. The standard InChI is InChI=1S/C9H16O/c1-7(2)8-5-3-4-6-9(8)10/h3,5,7-10H,4,6H2,1-2H3/t8-,9+/m1/s1. The summed E-state index contributed by atoms with van der Waals surface area (Å²) in [7, 11) is 0. The monoisotopic (exact) mass is 140 g/mol. The summed E-state index contributed by atoms with van der Waals surface area (Å²) in [5, 5.41) is 9.49. The van der Waals surface area contributed by atoms with Gasteiger partial charge in [0.2, 0.25) is 0 Å². The molecular weight excluding hydrogens is 124 g/mol. The van der Waals surface area contributed by atoms with Crippen LogP contribution in [0.25, 0.3) is 0 Å². The van der Waals surface area contributed by atoms with Gasteiger partial charge in [-0.25, -0.2) is 0 Å². The van der Waals surface area contributed by atoms with Crippen molar-refractivity contribution in [3.05, 3.63) is 12.2 Å². The number of hydrogen-bond acceptors (Lipinski definition) is 1. The molecular formula is C9H16O. The van der Waals surface area contributed by atoms with Crippen LogP contribution >= 0.6 is 0 Å². The van der Waals surface area contributed by atoms with Crippen LogP contribution < -0.4 is 0 Å². The van der Waals surface area contributed by atoms with Crippen molar-refractivity contribution in [2.75, 3.05) is 0 Å². The molecule has 1 aliphatic rings. The number of rotatable bonds is 1. The topological polar surface area (TPSA) is 20.2 Å². The molecule has 1 N–H and O–H groups in total. The smallest absolute Gasteiger partial charge is 0.0608 e. The van der Waals surface area contributed by atoms with Crippen molar-refractivity contribution in [1.82, 2.24) is 0 Å². The van der Waals surface area contributed by atoms with Crippen LogP contribution in [-0.4, -0.2) is 11.2 Å². The first-order chi connectivity index (χ1) is 4.72. The Balaban J connectivity index is 2.55. The third kappa shape index (κ3) is 1.60. The molecule has 0 saturated carbocycles. The molecule has 1 nitrogen and oxygen atoms in total. The van der Waals surface area contributed by atoms with Gasteiger partial charge in [0.15, 0.2) is 0 Å². The van der Waals surface area contributed by atoms with Gasteiger partial charge < -0.3 is 5.11 Å². The molecule has 1 rings (SSSR count). The Morgan fingerprint density at radius 3 is 2.60 bits per heavy atom. The summed E-state index contributed by atoms with van der Waals surface area (Å²) in [6.07, 6.45) is 6.23. The normalized spacial score (nSPS) is 33.2. The average molecular weight is 140 g/mol. The molecule has 0 unspecified atom stereocenters. The molecule has 0 aromatic heterocycles. The maximum atomic E-state index is 9.49. The van der Waals surface area contributed by atoms with Gasteiger partial charge >= 0.3 is 0 Å². The van der Waals surface area contributed by atoms with Crippen LogP contribution in [0.3, 0.4) is 0 Å². The molecule has 0 saturated heterocycles. The maximum Gasteiger partial charge on any atom is 0.0608 e. The van der Waals surface area contributed by atoms with Gasteiger partial charge in [-0.2, -0.15) is 0 Å². The molecule has 0 amide bonds. The lowest BCUT2D eigenvalue weighted by atomic mass is 9.84. The number of aliphatic hydroxyl groups is 1. The van der Waals surface area contributed by atoms with Crippen LogP contribution in [0.4, 0.5) is 0 Å². The second kappa shape index (κ2) is 3.20. The Morgan fingerprint density at radius 2 is 2.20 bits per heavy atom. The van der Waals surface area contributed by atoms with E-state index in [1.165, 1.54) is 0 Å². The predicted molar refractivity (Wildman–Crippen MR) is 42.7 cm³/mol. The molecule has 0 heterocycles. The maximum absolute atomic E-state index is 9.49. The van der Waals surface area contributed by atoms with Crippen molar-refractivity contribution in [3.63, 3.8) is 0 Å². The fourth-order valence-electron chi connectivity index (χ4n) is 1.51. The first kappa shape index (κ1) is 7.80. The van der Waals surface area contributed by atoms with Gasteiger partial charge in [-0.3, -0.25) is 0 Å². The first-order valence-corrected chi connectivity index (χ1v) is 4.06. The minimum absolute atomic E-state index is 0.0926. The summed E-state index contributed by atoms with van der Waals surface area (Å²) < 4.78 is 0. The zero-order chi connectivity index (χ0) is 7.56. The zero-order valence-corrected chi connectivity index (χ0v) is 6.75. The highest BCUT2D eigenvalue weighted by Gasteiger charge is 2.21. The van der Waals surface area contributed by atoms with Crippen LogP contribution in [0.15, 0.2) is 12.2 Å². The summed E-state index contributed by atoms with van der Waals surface area (Å²) in [6, 6.07) is 0. The van der Waals surface area contributed by atoms with Gasteiger partial charge in [0, 0.05) is 5.92 Å². The van der Waals surface area contributed by atoms with Crippen molar-refractivity contribution in [3.8, 4) is 0 Å². The third-order valence-corrected chi connectivity index (χ3v) is 2.20. The van der Waals surface area contributed by atoms with Crippen molar-refractivity contribution in [1.29, 1.82) is 0 Å². The molecule has 2 atom stereocenters. The van der Waals surface area contributed by atoms with Gasteiger partial charge in [-0.1, -0.05) is 26.0 Å². The molecule has 0 aromatic rings. The summed E-state index contributed by atoms with van der Waals surface area (Å²) in [6.45, 7) is 4.31. The van der Waals surface area contributed by atoms with Gasteiger partial charge in [0.25, 0.3) is 0 Å². The average Bonchev–Trinajstić information content (AvgIpc) is 1.88. The lowest BCUT2D eigenvalue weighted by Gasteiger charge is -2.25. The summed E-state index contributed by atoms with van der Waals surface area (Å²) in [5.41, 5.74) is 0. The molecule has 10 heavy (non-hydrogen) atoms. The second-order valence-electron chi connectivity index (χ2n) is 3.39. The Morgan fingerprint density at radius 1 is 1.50 bits per heavy atom. The van der Waals surface area contributed by atoms with E-state index < -0.39 is 0 Å². The molecule has 1 heteroatoms. The van der Waals surface area contributed by atoms with E-state index >= 15 is 0 Å². The highest BCUT2D eigenvalue weighted by atomic mass is 16.3. The van der Waals surface area contributed by atoms with E-state index in [2.05, 4.69) is 26.0 Å². The summed E-state index contributed by atoms with van der Waals surface area (Å²) >= 11 is 0. The fraction of sp³-hybridized carbons (Fsp3) is 0.778. The quantitative estimate of drug-likeness (QED) is 0.552. The van der Waals surface area contributed by atoms with Gasteiger partial charge in [0.1, 0.15) is 0 Å². The molecule has 0 fully saturated rings. The van der Waals surface area contributed by atoms with E-state index in [9.17, 15) is 5.11 Å². The van der Waals surface area contributed by atoms with Crippen LogP contribution in [0.5, 0.6) is 0 Å². The fourth-order valence-corrected chi connectivity index (χ4v) is 1.51. The van der Waals surface area contributed by atoms with Crippen molar-refractivity contribution in [2.45, 2.75) is 32.8 Å². The SMILES string of the molecule is CC(C)[C@H]1C=CCC[C@@H]1O. The molecule has 1 aliphatic carbocycles. The minimum Gasteiger partial charge on any atom is -0.392 e. The van der Waals surface area contributed by atoms with E-state index in [-0.39, 0.29) is 6.10 Å². The summed E-state index contributed by atoms with van der Waals surface area (Å²) in [5.74, 6) is 0.972. The highest BCUT2D eigenvalue weighted by Crippen LogP contribution is 2.24. The van der Waals surface area contributed by atoms with E-state index in [0.717, 1.165) is 12.8 Å². The van der Waals surface area contributed by atoms with Gasteiger partial charge in [-0.15, -0.1) is 0 Å². The van der Waals surface area contributed by atoms with Crippen molar-refractivity contribution < 1.29 is 5.11 Å². The second-order valence-corrected chi connectivity index (χ2v) is 3.39. The van der Waals surface area contributed by atoms with E-state index in [0.29, 0.717) is 11.8 Å². The van der Waals surface area contributed by atoms with Crippen LogP contribution in [0.2, 0.25) is 0 Å². The summed E-state index contributed by atoms with van der Waals surface area (Å²) in [4.78, 5) is 0. The van der Waals surface area contributed by atoms with Crippen molar-refractivity contribution >= 4 is 0 Å². The molecule has 0 spiro atoms. The largest absolute Gasteiger partial charge is 0.392 e. The van der Waals surface area contributed by atoms with Crippen LogP contribution in [-0.2, 0) is 0 Å². The van der Waals surface area contributed by atoms with E-state index in [4.69, 9.17) is 0 Å². The number of allylic oxidation sites excluding steroid dienone is 1. The Bertz CT molecular complexity index is 127.